The second kappa shape index (κ2) is 8.22. The molecule has 0 radical (unpaired) electrons. The van der Waals surface area contributed by atoms with E-state index in [0.29, 0.717) is 12.5 Å². The van der Waals surface area contributed by atoms with E-state index >= 15 is 0 Å². The number of benzene rings is 1. The van der Waals surface area contributed by atoms with E-state index in [9.17, 15) is 9.90 Å². The number of nitrogens with zero attached hydrogens (tertiary/aromatic N) is 1. The van der Waals surface area contributed by atoms with Crippen molar-refractivity contribution in [3.8, 4) is 11.5 Å². The molecule has 0 spiro atoms. The summed E-state index contributed by atoms with van der Waals surface area (Å²) in [7, 11) is 1.42. The molecule has 0 aromatic heterocycles. The van der Waals surface area contributed by atoms with E-state index in [1.54, 1.807) is 0 Å². The molecule has 0 amide bonds. The summed E-state index contributed by atoms with van der Waals surface area (Å²) >= 11 is 12.0. The Kier molecular flexibility index (Phi) is 6.57. The van der Waals surface area contributed by atoms with Crippen LogP contribution in [-0.2, 0) is 0 Å². The van der Waals surface area contributed by atoms with E-state index < -0.39 is 0 Å². The van der Waals surface area contributed by atoms with Crippen molar-refractivity contribution in [2.75, 3.05) is 20.2 Å². The van der Waals surface area contributed by atoms with Gasteiger partial charge in [-0.2, -0.15) is 0 Å². The predicted octanol–water partition coefficient (Wildman–Crippen LogP) is 4.54. The lowest BCUT2D eigenvalue weighted by molar-refractivity contribution is 0.0970. The molecule has 6 heteroatoms. The molecule has 1 atom stereocenters. The molecule has 1 heterocycles. The molecule has 1 aliphatic heterocycles. The zero-order chi connectivity index (χ0) is 17.0. The highest BCUT2D eigenvalue weighted by molar-refractivity contribution is 6.37. The van der Waals surface area contributed by atoms with Gasteiger partial charge in [0.15, 0.2) is 11.5 Å². The van der Waals surface area contributed by atoms with Gasteiger partial charge in [0, 0.05) is 12.5 Å². The molecule has 1 fully saturated rings. The normalized spacial score (nSPS) is 18.3. The molecular weight excluding hydrogens is 337 g/mol. The van der Waals surface area contributed by atoms with Gasteiger partial charge in [0.2, 0.25) is 0 Å². The number of methoxy groups -OCH3 is 1. The van der Waals surface area contributed by atoms with Gasteiger partial charge in [-0.05, 0) is 44.8 Å². The van der Waals surface area contributed by atoms with Gasteiger partial charge in [0.1, 0.15) is 11.3 Å². The van der Waals surface area contributed by atoms with Gasteiger partial charge in [-0.3, -0.25) is 4.79 Å². The van der Waals surface area contributed by atoms with Crippen molar-refractivity contribution in [3.05, 3.63) is 21.7 Å². The fourth-order valence-corrected chi connectivity index (χ4v) is 3.85. The summed E-state index contributed by atoms with van der Waals surface area (Å²) in [6.45, 7) is 4.37. The number of carbonyl (C=O) groups is 1. The van der Waals surface area contributed by atoms with Gasteiger partial charge < -0.3 is 14.7 Å². The monoisotopic (exact) mass is 359 g/mol. The van der Waals surface area contributed by atoms with Crippen LogP contribution in [0, 0.1) is 0 Å². The fraction of sp³-hybridized carbons (Fsp3) is 0.588. The first kappa shape index (κ1) is 18.4. The number of aromatic hydroxyl groups is 1. The van der Waals surface area contributed by atoms with Crippen LogP contribution in [0.3, 0.4) is 0 Å². The number of halogens is 2. The number of phenols is 1. The molecular formula is C17H23Cl2NO3. The van der Waals surface area contributed by atoms with Crippen molar-refractivity contribution in [3.63, 3.8) is 0 Å². The minimum Gasteiger partial charge on any atom is -0.505 e. The highest BCUT2D eigenvalue weighted by Crippen LogP contribution is 2.41. The molecule has 4 nitrogen and oxygen atoms in total. The number of phenolic OH excluding ortho intramolecular Hbond substituents is 1. The molecule has 1 aromatic rings. The number of hydrogen-bond acceptors (Lipinski definition) is 4. The highest BCUT2D eigenvalue weighted by Gasteiger charge is 2.25. The van der Waals surface area contributed by atoms with E-state index in [-0.39, 0.29) is 32.9 Å². The molecule has 23 heavy (non-hydrogen) atoms. The first-order valence-corrected chi connectivity index (χ1v) is 8.77. The first-order chi connectivity index (χ1) is 11.0. The van der Waals surface area contributed by atoms with Crippen molar-refractivity contribution in [2.24, 2.45) is 0 Å². The van der Waals surface area contributed by atoms with E-state index in [0.717, 1.165) is 25.9 Å². The lowest BCUT2D eigenvalue weighted by Gasteiger charge is -2.22. The molecule has 1 aromatic carbocycles. The van der Waals surface area contributed by atoms with Crippen LogP contribution in [0.2, 0.25) is 10.0 Å². The van der Waals surface area contributed by atoms with Crippen LogP contribution >= 0.6 is 23.2 Å². The van der Waals surface area contributed by atoms with E-state index in [2.05, 4.69) is 11.8 Å². The lowest BCUT2D eigenvalue weighted by atomic mass is 10.0. The minimum atomic E-state index is -0.256. The van der Waals surface area contributed by atoms with Crippen LogP contribution in [-0.4, -0.2) is 42.0 Å². The molecule has 2 rings (SSSR count). The number of ether oxygens (including phenoxy) is 1. The third-order valence-corrected chi connectivity index (χ3v) is 5.06. The van der Waals surface area contributed by atoms with E-state index in [1.165, 1.54) is 26.0 Å². The Morgan fingerprint density at radius 2 is 2.17 bits per heavy atom. The van der Waals surface area contributed by atoms with Crippen molar-refractivity contribution in [2.45, 2.75) is 45.1 Å². The number of ketones is 1. The van der Waals surface area contributed by atoms with Crippen LogP contribution in [0.4, 0.5) is 0 Å². The maximum absolute atomic E-state index is 12.5. The number of Topliss-reactive ketones (excluding diaryl/α,β-unsaturated/α-hetero) is 1. The summed E-state index contributed by atoms with van der Waals surface area (Å²) in [5.74, 6) is -0.256. The van der Waals surface area contributed by atoms with Gasteiger partial charge >= 0.3 is 0 Å². The van der Waals surface area contributed by atoms with Gasteiger partial charge in [0.05, 0.1) is 17.2 Å². The molecule has 1 unspecified atom stereocenters. The minimum absolute atomic E-state index is 0.0621. The topological polar surface area (TPSA) is 49.8 Å². The van der Waals surface area contributed by atoms with Gasteiger partial charge in [-0.15, -0.1) is 0 Å². The van der Waals surface area contributed by atoms with Crippen molar-refractivity contribution < 1.29 is 14.6 Å². The molecule has 128 valence electrons. The summed E-state index contributed by atoms with van der Waals surface area (Å²) in [5, 5.41) is 10.4. The van der Waals surface area contributed by atoms with Crippen LogP contribution in [0.15, 0.2) is 6.07 Å². The van der Waals surface area contributed by atoms with Gasteiger partial charge in [-0.1, -0.05) is 30.1 Å². The number of carbonyl (C=O) groups excluding carboxylic acids is 1. The largest absolute Gasteiger partial charge is 0.505 e. The van der Waals surface area contributed by atoms with E-state index in [4.69, 9.17) is 27.9 Å². The van der Waals surface area contributed by atoms with Crippen molar-refractivity contribution >= 4 is 29.0 Å². The summed E-state index contributed by atoms with van der Waals surface area (Å²) < 4.78 is 5.17. The summed E-state index contributed by atoms with van der Waals surface area (Å²) in [6.07, 6.45) is 4.52. The molecule has 1 aliphatic rings. The van der Waals surface area contributed by atoms with Crippen LogP contribution < -0.4 is 4.74 Å². The van der Waals surface area contributed by atoms with Crippen LogP contribution in [0.5, 0.6) is 11.5 Å². The zero-order valence-electron chi connectivity index (χ0n) is 13.6. The number of likely N-dealkylation sites (tertiary alicyclic amines) is 1. The summed E-state index contributed by atoms with van der Waals surface area (Å²) in [6, 6.07) is 1.94. The van der Waals surface area contributed by atoms with E-state index in [1.807, 2.05) is 0 Å². The van der Waals surface area contributed by atoms with Gasteiger partial charge in [-0.25, -0.2) is 0 Å². The van der Waals surface area contributed by atoms with Crippen LogP contribution in [0.1, 0.15) is 49.4 Å². The third kappa shape index (κ3) is 4.11. The Labute approximate surface area is 147 Å². The summed E-state index contributed by atoms with van der Waals surface area (Å²) in [4.78, 5) is 15.0. The Bertz CT molecular complexity index is 577. The predicted molar refractivity (Wildman–Crippen MR) is 93.1 cm³/mol. The standard InChI is InChI=1S/C17H23Cl2NO3/c1-3-20-9-5-7-11(20)6-4-8-14(21)15-16(22)12(18)10-13(19)17(15)23-2/h10-11,22H,3-9H2,1-2H3. The first-order valence-electron chi connectivity index (χ1n) is 8.01. The maximum Gasteiger partial charge on any atom is 0.170 e. The third-order valence-electron chi connectivity index (χ3n) is 4.49. The second-order valence-corrected chi connectivity index (χ2v) is 6.65. The number of rotatable bonds is 7. The molecule has 0 bridgehead atoms. The Hall–Kier alpha value is -0.970. The highest BCUT2D eigenvalue weighted by atomic mass is 35.5. The smallest absolute Gasteiger partial charge is 0.170 e. The fourth-order valence-electron chi connectivity index (χ4n) is 3.31. The number of hydrogen-bond donors (Lipinski definition) is 1. The Balaban J connectivity index is 2.04. The summed E-state index contributed by atoms with van der Waals surface area (Å²) in [5.41, 5.74) is 0.0868. The average molecular weight is 360 g/mol. The second-order valence-electron chi connectivity index (χ2n) is 5.84. The Morgan fingerprint density at radius 3 is 2.83 bits per heavy atom. The molecule has 1 N–H and O–H groups in total. The van der Waals surface area contributed by atoms with Crippen molar-refractivity contribution in [1.29, 1.82) is 0 Å². The SMILES string of the molecule is CCN1CCCC1CCCC(=O)c1c(O)c(Cl)cc(Cl)c1OC. The lowest BCUT2D eigenvalue weighted by Crippen LogP contribution is -2.29. The molecule has 0 saturated carbocycles. The van der Waals surface area contributed by atoms with Crippen LogP contribution in [0.25, 0.3) is 0 Å². The van der Waals surface area contributed by atoms with Crippen molar-refractivity contribution in [1.82, 2.24) is 4.90 Å². The molecule has 1 saturated heterocycles. The quantitative estimate of drug-likeness (QED) is 0.725. The van der Waals surface area contributed by atoms with Gasteiger partial charge in [0.25, 0.3) is 0 Å². The molecule has 0 aliphatic carbocycles. The average Bonchev–Trinajstić information content (AvgIpc) is 2.97. The zero-order valence-corrected chi connectivity index (χ0v) is 15.1. The maximum atomic E-state index is 12.5. The Morgan fingerprint density at radius 1 is 1.43 bits per heavy atom.